The smallest absolute Gasteiger partial charge is 0.355 e. The first-order valence-corrected chi connectivity index (χ1v) is 6.64. The maximum Gasteiger partial charge on any atom is 0.355 e. The van der Waals surface area contributed by atoms with Gasteiger partial charge in [-0.15, -0.1) is 0 Å². The van der Waals surface area contributed by atoms with Crippen LogP contribution in [0.2, 0.25) is 0 Å². The molecule has 0 fully saturated rings. The van der Waals surface area contributed by atoms with Gasteiger partial charge in [-0.3, -0.25) is 4.79 Å². The topological polar surface area (TPSA) is 84.1 Å². The molecule has 0 radical (unpaired) electrons. The second-order valence-corrected chi connectivity index (χ2v) is 4.73. The van der Waals surface area contributed by atoms with Crippen molar-refractivity contribution in [2.45, 2.75) is 13.0 Å². The summed E-state index contributed by atoms with van der Waals surface area (Å²) in [6, 6.07) is 11.8. The summed E-state index contributed by atoms with van der Waals surface area (Å²) in [5.41, 5.74) is 1.28. The van der Waals surface area contributed by atoms with Crippen LogP contribution in [0.1, 0.15) is 23.0 Å². The fraction of sp³-hybridized carbons (Fsp3) is 0.188. The van der Waals surface area contributed by atoms with Gasteiger partial charge in [0.05, 0.1) is 11.6 Å². The Bertz CT molecular complexity index is 743. The highest BCUT2D eigenvalue weighted by atomic mass is 16.5. The van der Waals surface area contributed by atoms with E-state index in [1.165, 1.54) is 6.92 Å². The molecule has 1 N–H and O–H groups in total. The van der Waals surface area contributed by atoms with Gasteiger partial charge < -0.3 is 14.6 Å². The van der Waals surface area contributed by atoms with Crippen LogP contribution in [0.3, 0.4) is 0 Å². The monoisotopic (exact) mass is 297 g/mol. The predicted octanol–water partition coefficient (Wildman–Crippen LogP) is 2.08. The van der Waals surface area contributed by atoms with E-state index in [-0.39, 0.29) is 0 Å². The fourth-order valence-electron chi connectivity index (χ4n) is 1.86. The second-order valence-electron chi connectivity index (χ2n) is 4.73. The molecule has 6 nitrogen and oxygen atoms in total. The van der Waals surface area contributed by atoms with E-state index in [0.29, 0.717) is 16.9 Å². The van der Waals surface area contributed by atoms with Crippen LogP contribution >= 0.6 is 0 Å². The van der Waals surface area contributed by atoms with Crippen molar-refractivity contribution in [1.82, 2.24) is 4.57 Å². The molecule has 1 atom stereocenters. The number of nitriles is 1. The number of anilines is 1. The van der Waals surface area contributed by atoms with Gasteiger partial charge in [-0.05, 0) is 37.3 Å². The number of carbonyl (C=O) groups excluding carboxylic acids is 2. The largest absolute Gasteiger partial charge is 0.448 e. The van der Waals surface area contributed by atoms with Crippen molar-refractivity contribution in [1.29, 1.82) is 5.26 Å². The van der Waals surface area contributed by atoms with Gasteiger partial charge in [0.15, 0.2) is 6.10 Å². The standard InChI is InChI=1S/C16H15N3O3/c1-11(22-16(21)14-7-4-8-19(14)2)15(20)18-13-6-3-5-12(9-13)10-17/h3-9,11H,1-2H3,(H,18,20)/t11-/m0/s1. The van der Waals surface area contributed by atoms with Gasteiger partial charge in [0.25, 0.3) is 5.91 Å². The van der Waals surface area contributed by atoms with E-state index in [1.807, 2.05) is 6.07 Å². The van der Waals surface area contributed by atoms with E-state index in [4.69, 9.17) is 10.00 Å². The van der Waals surface area contributed by atoms with Crippen molar-refractivity contribution in [2.24, 2.45) is 7.05 Å². The summed E-state index contributed by atoms with van der Waals surface area (Å²) in [7, 11) is 1.72. The normalized spacial score (nSPS) is 11.3. The molecular weight excluding hydrogens is 282 g/mol. The average Bonchev–Trinajstić information content (AvgIpc) is 2.93. The van der Waals surface area contributed by atoms with Crippen LogP contribution in [0, 0.1) is 11.3 Å². The van der Waals surface area contributed by atoms with E-state index in [2.05, 4.69) is 5.32 Å². The molecule has 1 aromatic heterocycles. The molecule has 0 saturated heterocycles. The average molecular weight is 297 g/mol. The molecule has 1 amide bonds. The third kappa shape index (κ3) is 3.52. The molecule has 1 aromatic carbocycles. The van der Waals surface area contributed by atoms with Gasteiger partial charge in [-0.1, -0.05) is 6.07 Å². The third-order valence-corrected chi connectivity index (χ3v) is 3.07. The zero-order chi connectivity index (χ0) is 16.1. The number of rotatable bonds is 4. The van der Waals surface area contributed by atoms with Crippen molar-refractivity contribution in [2.75, 3.05) is 5.32 Å². The van der Waals surface area contributed by atoms with Gasteiger partial charge >= 0.3 is 5.97 Å². The van der Waals surface area contributed by atoms with Gasteiger partial charge in [0.2, 0.25) is 0 Å². The molecule has 2 aromatic rings. The van der Waals surface area contributed by atoms with Crippen molar-refractivity contribution in [3.63, 3.8) is 0 Å². The molecule has 112 valence electrons. The number of nitrogens with zero attached hydrogens (tertiary/aromatic N) is 2. The number of esters is 1. The Labute approximate surface area is 127 Å². The van der Waals surface area contributed by atoms with Gasteiger partial charge in [-0.25, -0.2) is 4.79 Å². The Kier molecular flexibility index (Phi) is 4.59. The Morgan fingerprint density at radius 2 is 2.09 bits per heavy atom. The number of hydrogen-bond donors (Lipinski definition) is 1. The van der Waals surface area contributed by atoms with E-state index >= 15 is 0 Å². The molecule has 0 bridgehead atoms. The van der Waals surface area contributed by atoms with Crippen LogP contribution in [-0.2, 0) is 16.6 Å². The molecule has 0 unspecified atom stereocenters. The summed E-state index contributed by atoms with van der Waals surface area (Å²) in [6.07, 6.45) is 0.766. The SMILES string of the molecule is C[C@H](OC(=O)c1cccn1C)C(=O)Nc1cccc(C#N)c1. The molecule has 0 aliphatic carbocycles. The van der Waals surface area contributed by atoms with Crippen LogP contribution in [0.5, 0.6) is 0 Å². The lowest BCUT2D eigenvalue weighted by atomic mass is 10.2. The number of nitrogens with one attached hydrogen (secondary N) is 1. The van der Waals surface area contributed by atoms with E-state index < -0.39 is 18.0 Å². The minimum atomic E-state index is -0.951. The third-order valence-electron chi connectivity index (χ3n) is 3.07. The summed E-state index contributed by atoms with van der Waals surface area (Å²) in [6.45, 7) is 1.49. The molecule has 2 rings (SSSR count). The van der Waals surface area contributed by atoms with E-state index in [0.717, 1.165) is 0 Å². The summed E-state index contributed by atoms with van der Waals surface area (Å²) < 4.78 is 6.74. The molecule has 0 spiro atoms. The minimum Gasteiger partial charge on any atom is -0.448 e. The minimum absolute atomic E-state index is 0.367. The maximum atomic E-state index is 12.0. The van der Waals surface area contributed by atoms with Crippen LogP contribution in [0.25, 0.3) is 0 Å². The Balaban J connectivity index is 1.99. The van der Waals surface area contributed by atoms with Crippen molar-refractivity contribution >= 4 is 17.6 Å². The van der Waals surface area contributed by atoms with Crippen molar-refractivity contribution < 1.29 is 14.3 Å². The predicted molar refractivity (Wildman–Crippen MR) is 80.1 cm³/mol. The molecule has 0 saturated carbocycles. The number of aromatic nitrogens is 1. The first-order chi connectivity index (χ1) is 10.5. The lowest BCUT2D eigenvalue weighted by Crippen LogP contribution is -2.30. The van der Waals surface area contributed by atoms with E-state index in [1.54, 1.807) is 54.2 Å². The Morgan fingerprint density at radius 1 is 1.32 bits per heavy atom. The number of carbonyl (C=O) groups is 2. The van der Waals surface area contributed by atoms with Crippen LogP contribution in [0.4, 0.5) is 5.69 Å². The molecule has 1 heterocycles. The molecule has 0 aliphatic heterocycles. The van der Waals surface area contributed by atoms with Crippen LogP contribution < -0.4 is 5.32 Å². The zero-order valence-corrected chi connectivity index (χ0v) is 12.2. The summed E-state index contributed by atoms with van der Waals surface area (Å²) >= 11 is 0. The molecule has 22 heavy (non-hydrogen) atoms. The van der Waals surface area contributed by atoms with Crippen LogP contribution in [0.15, 0.2) is 42.6 Å². The molecule has 6 heteroatoms. The Morgan fingerprint density at radius 3 is 2.73 bits per heavy atom. The highest BCUT2D eigenvalue weighted by Gasteiger charge is 2.20. The molecule has 0 aliphatic rings. The zero-order valence-electron chi connectivity index (χ0n) is 12.2. The number of amides is 1. The second kappa shape index (κ2) is 6.59. The van der Waals surface area contributed by atoms with Gasteiger partial charge in [-0.2, -0.15) is 5.26 Å². The number of ether oxygens (including phenoxy) is 1. The first kappa shape index (κ1) is 15.3. The quantitative estimate of drug-likeness (QED) is 0.876. The van der Waals surface area contributed by atoms with Crippen molar-refractivity contribution in [3.05, 3.63) is 53.9 Å². The van der Waals surface area contributed by atoms with Gasteiger partial charge in [0, 0.05) is 18.9 Å². The highest BCUT2D eigenvalue weighted by Crippen LogP contribution is 2.11. The summed E-state index contributed by atoms with van der Waals surface area (Å²) in [5, 5.41) is 11.4. The van der Waals surface area contributed by atoms with Crippen molar-refractivity contribution in [3.8, 4) is 6.07 Å². The number of aryl methyl sites for hydroxylation is 1. The summed E-state index contributed by atoms with van der Waals surface area (Å²) in [4.78, 5) is 24.0. The number of benzene rings is 1. The lowest BCUT2D eigenvalue weighted by Gasteiger charge is -2.14. The Hall–Kier alpha value is -3.07. The maximum absolute atomic E-state index is 12.0. The lowest BCUT2D eigenvalue weighted by molar-refractivity contribution is -0.123. The number of hydrogen-bond acceptors (Lipinski definition) is 4. The highest BCUT2D eigenvalue weighted by molar-refractivity contribution is 5.97. The summed E-state index contributed by atoms with van der Waals surface area (Å²) in [5.74, 6) is -1.03. The molecular formula is C16H15N3O3. The van der Waals surface area contributed by atoms with E-state index in [9.17, 15) is 9.59 Å². The fourth-order valence-corrected chi connectivity index (χ4v) is 1.86. The van der Waals surface area contributed by atoms with Gasteiger partial charge in [0.1, 0.15) is 5.69 Å². The van der Waals surface area contributed by atoms with Crippen LogP contribution in [-0.4, -0.2) is 22.5 Å². The first-order valence-electron chi connectivity index (χ1n) is 6.64.